The summed E-state index contributed by atoms with van der Waals surface area (Å²) in [6, 6.07) is 1.87. The van der Waals surface area contributed by atoms with E-state index in [-0.39, 0.29) is 10.6 Å². The molecule has 60 valence electrons. The number of allylic oxidation sites excluding steroid dienone is 1. The molecule has 0 aromatic carbocycles. The first kappa shape index (κ1) is 9.92. The minimum Gasteiger partial charge on any atom is -0.497 e. The lowest BCUT2D eigenvalue weighted by Crippen LogP contribution is -2.12. The summed E-state index contributed by atoms with van der Waals surface area (Å²) in [5.74, 6) is 0.488. The molecule has 0 rings (SSSR count). The zero-order valence-corrected chi connectivity index (χ0v) is 7.36. The molecule has 0 unspecified atom stereocenters. The van der Waals surface area contributed by atoms with Crippen LogP contribution in [0.4, 0.5) is 0 Å². The molecule has 0 amide bonds. The average molecular weight is 170 g/mol. The molecular weight excluding hydrogens is 160 g/mol. The Hall–Kier alpha value is -1.08. The number of nitrogens with two attached hydrogens (primary N) is 1. The van der Waals surface area contributed by atoms with Crippen molar-refractivity contribution in [3.8, 4) is 6.07 Å². The van der Waals surface area contributed by atoms with Crippen molar-refractivity contribution < 1.29 is 4.74 Å². The van der Waals surface area contributed by atoms with E-state index in [2.05, 4.69) is 12.2 Å². The fourth-order valence-corrected chi connectivity index (χ4v) is 0.785. The van der Waals surface area contributed by atoms with Crippen LogP contribution in [0.25, 0.3) is 0 Å². The molecule has 0 fully saturated rings. The minimum absolute atomic E-state index is 0.0819. The van der Waals surface area contributed by atoms with Crippen LogP contribution in [0.3, 0.4) is 0 Å². The highest BCUT2D eigenvalue weighted by Crippen LogP contribution is 2.04. The summed E-state index contributed by atoms with van der Waals surface area (Å²) < 4.78 is 5.05. The first-order valence-electron chi connectivity index (χ1n) is 3.17. The topological polar surface area (TPSA) is 59.0 Å². The molecule has 3 nitrogen and oxygen atoms in total. The molecule has 2 N–H and O–H groups in total. The van der Waals surface area contributed by atoms with Crippen LogP contribution in [0.5, 0.6) is 0 Å². The standard InChI is InChI=1S/C7H10N2OS/c1-3-10-5(2)6(4-8)7(9)11/h3H2,1-2H3,(H2,9,11)/b6-5+. The van der Waals surface area contributed by atoms with Crippen LogP contribution in [-0.4, -0.2) is 11.6 Å². The van der Waals surface area contributed by atoms with Gasteiger partial charge in [-0.1, -0.05) is 12.2 Å². The summed E-state index contributed by atoms with van der Waals surface area (Å²) in [6.45, 7) is 4.01. The second-order valence-electron chi connectivity index (χ2n) is 1.84. The van der Waals surface area contributed by atoms with Crippen LogP contribution in [-0.2, 0) is 4.74 Å². The Morgan fingerprint density at radius 3 is 2.55 bits per heavy atom. The second kappa shape index (κ2) is 4.69. The maximum absolute atomic E-state index is 8.54. The van der Waals surface area contributed by atoms with Gasteiger partial charge in [0.1, 0.15) is 22.4 Å². The zero-order chi connectivity index (χ0) is 8.85. The van der Waals surface area contributed by atoms with Crippen molar-refractivity contribution in [2.45, 2.75) is 13.8 Å². The zero-order valence-electron chi connectivity index (χ0n) is 6.55. The van der Waals surface area contributed by atoms with Gasteiger partial charge in [-0.15, -0.1) is 0 Å². The second-order valence-corrected chi connectivity index (χ2v) is 2.28. The molecule has 0 radical (unpaired) electrons. The molecule has 0 aromatic rings. The molecule has 4 heteroatoms. The molecule has 0 heterocycles. The summed E-state index contributed by atoms with van der Waals surface area (Å²) in [6.07, 6.45) is 0. The normalized spacial score (nSPS) is 11.4. The third-order valence-corrected chi connectivity index (χ3v) is 1.28. The largest absolute Gasteiger partial charge is 0.497 e. The van der Waals surface area contributed by atoms with E-state index in [0.717, 1.165) is 0 Å². The molecule has 0 atom stereocenters. The van der Waals surface area contributed by atoms with Gasteiger partial charge in [-0.2, -0.15) is 5.26 Å². The SMILES string of the molecule is CCO/C(C)=C(\C#N)C(N)=S. The van der Waals surface area contributed by atoms with Crippen molar-refractivity contribution >= 4 is 17.2 Å². The number of hydrogen-bond donors (Lipinski definition) is 1. The van der Waals surface area contributed by atoms with E-state index in [1.165, 1.54) is 0 Å². The number of thiocarbonyl (C=S) groups is 1. The van der Waals surface area contributed by atoms with Gasteiger partial charge in [0, 0.05) is 0 Å². The van der Waals surface area contributed by atoms with Crippen LogP contribution in [0, 0.1) is 11.3 Å². The number of ether oxygens (including phenoxy) is 1. The summed E-state index contributed by atoms with van der Waals surface area (Å²) >= 11 is 4.62. The fraction of sp³-hybridized carbons (Fsp3) is 0.429. The predicted octanol–water partition coefficient (Wildman–Crippen LogP) is 1.11. The average Bonchev–Trinajstić information content (AvgIpc) is 1.88. The molecule has 0 saturated carbocycles. The third kappa shape index (κ3) is 3.01. The van der Waals surface area contributed by atoms with Crippen LogP contribution < -0.4 is 5.73 Å². The molecule has 11 heavy (non-hydrogen) atoms. The Bertz CT molecular complexity index is 227. The van der Waals surface area contributed by atoms with Crippen molar-refractivity contribution in [1.82, 2.24) is 0 Å². The van der Waals surface area contributed by atoms with Gasteiger partial charge < -0.3 is 10.5 Å². The molecule has 0 saturated heterocycles. The molecular formula is C7H10N2OS. The van der Waals surface area contributed by atoms with Gasteiger partial charge in [0.15, 0.2) is 0 Å². The number of hydrogen-bond acceptors (Lipinski definition) is 3. The first-order valence-corrected chi connectivity index (χ1v) is 3.57. The van der Waals surface area contributed by atoms with Crippen molar-refractivity contribution in [1.29, 1.82) is 5.26 Å². The van der Waals surface area contributed by atoms with Crippen LogP contribution in [0.15, 0.2) is 11.3 Å². The highest BCUT2D eigenvalue weighted by molar-refractivity contribution is 7.80. The molecule has 0 spiro atoms. The summed E-state index contributed by atoms with van der Waals surface area (Å²) in [7, 11) is 0. The van der Waals surface area contributed by atoms with E-state index < -0.39 is 0 Å². The summed E-state index contributed by atoms with van der Waals surface area (Å²) in [4.78, 5) is 0.0819. The van der Waals surface area contributed by atoms with E-state index in [4.69, 9.17) is 15.7 Å². The van der Waals surface area contributed by atoms with Gasteiger partial charge in [-0.05, 0) is 13.8 Å². The van der Waals surface area contributed by atoms with Crippen LogP contribution in [0.1, 0.15) is 13.8 Å². The number of nitriles is 1. The van der Waals surface area contributed by atoms with E-state index >= 15 is 0 Å². The maximum atomic E-state index is 8.54. The number of nitrogens with zero attached hydrogens (tertiary/aromatic N) is 1. The molecule has 0 aliphatic rings. The maximum Gasteiger partial charge on any atom is 0.123 e. The highest BCUT2D eigenvalue weighted by Gasteiger charge is 2.04. The van der Waals surface area contributed by atoms with Gasteiger partial charge in [-0.3, -0.25) is 0 Å². The summed E-state index contributed by atoms with van der Waals surface area (Å²) in [5.41, 5.74) is 5.50. The van der Waals surface area contributed by atoms with Crippen molar-refractivity contribution in [3.63, 3.8) is 0 Å². The van der Waals surface area contributed by atoms with Gasteiger partial charge in [0.05, 0.1) is 6.61 Å². The lowest BCUT2D eigenvalue weighted by atomic mass is 10.2. The molecule has 0 aromatic heterocycles. The lowest BCUT2D eigenvalue weighted by molar-refractivity contribution is 0.230. The Morgan fingerprint density at radius 2 is 2.27 bits per heavy atom. The van der Waals surface area contributed by atoms with Gasteiger partial charge in [0.2, 0.25) is 0 Å². The molecule has 0 aliphatic heterocycles. The third-order valence-electron chi connectivity index (χ3n) is 1.07. The Morgan fingerprint density at radius 1 is 1.73 bits per heavy atom. The van der Waals surface area contributed by atoms with E-state index in [1.54, 1.807) is 6.92 Å². The minimum atomic E-state index is 0.0819. The van der Waals surface area contributed by atoms with E-state index in [0.29, 0.717) is 12.4 Å². The Balaban J connectivity index is 4.58. The number of rotatable bonds is 3. The van der Waals surface area contributed by atoms with E-state index in [9.17, 15) is 0 Å². The van der Waals surface area contributed by atoms with E-state index in [1.807, 2.05) is 13.0 Å². The molecule has 0 bridgehead atoms. The monoisotopic (exact) mass is 170 g/mol. The highest BCUT2D eigenvalue weighted by atomic mass is 32.1. The Kier molecular flexibility index (Phi) is 4.23. The van der Waals surface area contributed by atoms with Gasteiger partial charge in [-0.25, -0.2) is 0 Å². The van der Waals surface area contributed by atoms with Crippen LogP contribution >= 0.6 is 12.2 Å². The van der Waals surface area contributed by atoms with Crippen molar-refractivity contribution in [2.24, 2.45) is 5.73 Å². The molecule has 0 aliphatic carbocycles. The van der Waals surface area contributed by atoms with Gasteiger partial charge in [0.25, 0.3) is 0 Å². The smallest absolute Gasteiger partial charge is 0.123 e. The van der Waals surface area contributed by atoms with Crippen molar-refractivity contribution in [2.75, 3.05) is 6.61 Å². The van der Waals surface area contributed by atoms with Crippen molar-refractivity contribution in [3.05, 3.63) is 11.3 Å². The predicted molar refractivity (Wildman–Crippen MR) is 46.7 cm³/mol. The summed E-state index contributed by atoms with van der Waals surface area (Å²) in [5, 5.41) is 8.54. The fourth-order valence-electron chi connectivity index (χ4n) is 0.596. The van der Waals surface area contributed by atoms with Crippen LogP contribution in [0.2, 0.25) is 0 Å². The lowest BCUT2D eigenvalue weighted by Gasteiger charge is -2.03. The Labute approximate surface area is 71.4 Å². The van der Waals surface area contributed by atoms with Gasteiger partial charge >= 0.3 is 0 Å². The first-order chi connectivity index (χ1) is 5.13. The quantitative estimate of drug-likeness (QED) is 0.298.